The first-order chi connectivity index (χ1) is 10.2. The van der Waals surface area contributed by atoms with Crippen LogP contribution in [0.1, 0.15) is 52.4 Å². The van der Waals surface area contributed by atoms with Gasteiger partial charge < -0.3 is 10.2 Å². The van der Waals surface area contributed by atoms with E-state index in [1.54, 1.807) is 0 Å². The Balaban J connectivity index is 1.80. The Hall–Kier alpha value is -0.610. The van der Waals surface area contributed by atoms with Gasteiger partial charge in [0.2, 0.25) is 5.91 Å². The number of nitrogens with one attached hydrogen (secondary N) is 1. The van der Waals surface area contributed by atoms with Gasteiger partial charge in [-0.1, -0.05) is 6.92 Å². The Bertz CT molecular complexity index is 315. The third kappa shape index (κ3) is 4.96. The molecule has 2 aliphatic heterocycles. The van der Waals surface area contributed by atoms with Crippen molar-refractivity contribution in [1.82, 2.24) is 15.1 Å². The highest BCUT2D eigenvalue weighted by atomic mass is 16.2. The summed E-state index contributed by atoms with van der Waals surface area (Å²) in [5.74, 6) is 1.07. The first-order valence-electron chi connectivity index (χ1n) is 8.96. The number of rotatable bonds is 6. The van der Waals surface area contributed by atoms with Crippen LogP contribution in [0, 0.1) is 5.92 Å². The average Bonchev–Trinajstić information content (AvgIpc) is 2.55. The number of piperidine rings is 2. The highest BCUT2D eigenvalue weighted by molar-refractivity contribution is 5.81. The molecule has 2 unspecified atom stereocenters. The molecular formula is C17H33N3O. The molecule has 122 valence electrons. The van der Waals surface area contributed by atoms with E-state index in [1.807, 2.05) is 0 Å². The van der Waals surface area contributed by atoms with Crippen molar-refractivity contribution in [2.24, 2.45) is 5.92 Å². The zero-order valence-electron chi connectivity index (χ0n) is 13.9. The molecular weight excluding hydrogens is 262 g/mol. The molecule has 2 atom stereocenters. The number of amides is 1. The summed E-state index contributed by atoms with van der Waals surface area (Å²) in [6.45, 7) is 10.6. The number of carbonyl (C=O) groups excluding carboxylic acids is 1. The van der Waals surface area contributed by atoms with Crippen molar-refractivity contribution in [3.8, 4) is 0 Å². The minimum atomic E-state index is 0.0667. The van der Waals surface area contributed by atoms with Gasteiger partial charge in [-0.05, 0) is 71.0 Å². The lowest BCUT2D eigenvalue weighted by Crippen LogP contribution is -2.52. The van der Waals surface area contributed by atoms with Gasteiger partial charge in [0.25, 0.3) is 0 Å². The molecule has 2 aliphatic rings. The molecule has 2 saturated heterocycles. The standard InChI is InChI=1S/C17H33N3O/c1-3-9-18-13-16-8-7-12-20(14-16)15(2)17(21)19-10-5-4-6-11-19/h15-16,18H,3-14H2,1-2H3. The van der Waals surface area contributed by atoms with Gasteiger partial charge in [-0.3, -0.25) is 9.69 Å². The summed E-state index contributed by atoms with van der Waals surface area (Å²) in [7, 11) is 0. The van der Waals surface area contributed by atoms with Gasteiger partial charge in [0.15, 0.2) is 0 Å². The van der Waals surface area contributed by atoms with Crippen LogP contribution in [0.25, 0.3) is 0 Å². The van der Waals surface area contributed by atoms with E-state index >= 15 is 0 Å². The van der Waals surface area contributed by atoms with E-state index in [0.29, 0.717) is 11.8 Å². The molecule has 0 aromatic heterocycles. The summed E-state index contributed by atoms with van der Waals surface area (Å²) in [6, 6.07) is 0.0667. The number of likely N-dealkylation sites (tertiary alicyclic amines) is 2. The van der Waals surface area contributed by atoms with Crippen LogP contribution in [-0.2, 0) is 4.79 Å². The number of nitrogens with zero attached hydrogens (tertiary/aromatic N) is 2. The van der Waals surface area contributed by atoms with Gasteiger partial charge in [0.1, 0.15) is 0 Å². The van der Waals surface area contributed by atoms with Gasteiger partial charge in [-0.2, -0.15) is 0 Å². The zero-order valence-corrected chi connectivity index (χ0v) is 13.9. The SMILES string of the molecule is CCCNCC1CCCN(C(C)C(=O)N2CCCCC2)C1. The van der Waals surface area contributed by atoms with E-state index in [4.69, 9.17) is 0 Å². The Morgan fingerprint density at radius 3 is 2.67 bits per heavy atom. The smallest absolute Gasteiger partial charge is 0.239 e. The number of hydrogen-bond acceptors (Lipinski definition) is 3. The maximum atomic E-state index is 12.6. The fourth-order valence-electron chi connectivity index (χ4n) is 3.63. The average molecular weight is 295 g/mol. The second-order valence-corrected chi connectivity index (χ2v) is 6.77. The minimum Gasteiger partial charge on any atom is -0.341 e. The molecule has 1 N–H and O–H groups in total. The monoisotopic (exact) mass is 295 g/mol. The largest absolute Gasteiger partial charge is 0.341 e. The second-order valence-electron chi connectivity index (χ2n) is 6.77. The molecule has 0 aromatic rings. The number of carbonyl (C=O) groups is 1. The van der Waals surface area contributed by atoms with Crippen LogP contribution in [0.3, 0.4) is 0 Å². The van der Waals surface area contributed by atoms with Crippen molar-refractivity contribution in [3.63, 3.8) is 0 Å². The summed E-state index contributed by atoms with van der Waals surface area (Å²) in [4.78, 5) is 17.1. The van der Waals surface area contributed by atoms with Crippen LogP contribution in [0.15, 0.2) is 0 Å². The highest BCUT2D eigenvalue weighted by Crippen LogP contribution is 2.20. The van der Waals surface area contributed by atoms with E-state index in [2.05, 4.69) is 29.0 Å². The van der Waals surface area contributed by atoms with Crippen LogP contribution in [0.2, 0.25) is 0 Å². The molecule has 0 aromatic carbocycles. The van der Waals surface area contributed by atoms with Crippen molar-refractivity contribution in [3.05, 3.63) is 0 Å². The Morgan fingerprint density at radius 2 is 1.95 bits per heavy atom. The molecule has 2 rings (SSSR count). The molecule has 0 bridgehead atoms. The molecule has 2 heterocycles. The predicted octanol–water partition coefficient (Wildman–Crippen LogP) is 2.10. The van der Waals surface area contributed by atoms with Crippen LogP contribution in [0.4, 0.5) is 0 Å². The van der Waals surface area contributed by atoms with Crippen LogP contribution >= 0.6 is 0 Å². The molecule has 4 nitrogen and oxygen atoms in total. The molecule has 0 saturated carbocycles. The fourth-order valence-corrected chi connectivity index (χ4v) is 3.63. The molecule has 0 aliphatic carbocycles. The van der Waals surface area contributed by atoms with E-state index in [1.165, 1.54) is 38.5 Å². The van der Waals surface area contributed by atoms with E-state index in [9.17, 15) is 4.79 Å². The third-order valence-electron chi connectivity index (χ3n) is 4.98. The normalized spacial score (nSPS) is 25.8. The lowest BCUT2D eigenvalue weighted by molar-refractivity contribution is -0.138. The van der Waals surface area contributed by atoms with Gasteiger partial charge in [0.05, 0.1) is 6.04 Å². The van der Waals surface area contributed by atoms with Crippen molar-refractivity contribution in [2.75, 3.05) is 39.3 Å². The lowest BCUT2D eigenvalue weighted by Gasteiger charge is -2.39. The molecule has 4 heteroatoms. The molecule has 21 heavy (non-hydrogen) atoms. The van der Waals surface area contributed by atoms with Crippen LogP contribution in [0.5, 0.6) is 0 Å². The summed E-state index contributed by atoms with van der Waals surface area (Å²) in [6.07, 6.45) is 7.38. The summed E-state index contributed by atoms with van der Waals surface area (Å²) in [5.41, 5.74) is 0. The topological polar surface area (TPSA) is 35.6 Å². The van der Waals surface area contributed by atoms with Crippen LogP contribution in [-0.4, -0.2) is 61.0 Å². The minimum absolute atomic E-state index is 0.0667. The van der Waals surface area contributed by atoms with Gasteiger partial charge in [-0.15, -0.1) is 0 Å². The molecule has 1 amide bonds. The molecule has 0 radical (unpaired) electrons. The van der Waals surface area contributed by atoms with Gasteiger partial charge in [0, 0.05) is 19.6 Å². The number of hydrogen-bond donors (Lipinski definition) is 1. The van der Waals surface area contributed by atoms with E-state index in [-0.39, 0.29) is 6.04 Å². The fraction of sp³-hybridized carbons (Fsp3) is 0.941. The Labute approximate surface area is 130 Å². The van der Waals surface area contributed by atoms with Crippen LogP contribution < -0.4 is 5.32 Å². The molecule has 0 spiro atoms. The van der Waals surface area contributed by atoms with E-state index in [0.717, 1.165) is 39.3 Å². The summed E-state index contributed by atoms with van der Waals surface area (Å²) in [5, 5.41) is 3.53. The lowest BCUT2D eigenvalue weighted by atomic mass is 9.96. The highest BCUT2D eigenvalue weighted by Gasteiger charge is 2.30. The second kappa shape index (κ2) is 8.74. The van der Waals surface area contributed by atoms with Crippen molar-refractivity contribution >= 4 is 5.91 Å². The van der Waals surface area contributed by atoms with Crippen molar-refractivity contribution in [1.29, 1.82) is 0 Å². The quantitative estimate of drug-likeness (QED) is 0.762. The van der Waals surface area contributed by atoms with E-state index < -0.39 is 0 Å². The summed E-state index contributed by atoms with van der Waals surface area (Å²) >= 11 is 0. The molecule has 2 fully saturated rings. The van der Waals surface area contributed by atoms with Crippen molar-refractivity contribution in [2.45, 2.75) is 58.4 Å². The van der Waals surface area contributed by atoms with Gasteiger partial charge >= 0.3 is 0 Å². The maximum absolute atomic E-state index is 12.6. The maximum Gasteiger partial charge on any atom is 0.239 e. The van der Waals surface area contributed by atoms with Crippen molar-refractivity contribution < 1.29 is 4.79 Å². The Kier molecular flexibility index (Phi) is 6.97. The Morgan fingerprint density at radius 1 is 1.19 bits per heavy atom. The first kappa shape index (κ1) is 16.8. The zero-order chi connectivity index (χ0) is 15.1. The van der Waals surface area contributed by atoms with Gasteiger partial charge in [-0.25, -0.2) is 0 Å². The predicted molar refractivity (Wildman–Crippen MR) is 87.4 cm³/mol. The summed E-state index contributed by atoms with van der Waals surface area (Å²) < 4.78 is 0. The third-order valence-corrected chi connectivity index (χ3v) is 4.98. The first-order valence-corrected chi connectivity index (χ1v) is 8.96.